The molecular formula is C62H115NO5. The van der Waals surface area contributed by atoms with Crippen molar-refractivity contribution < 1.29 is 24.5 Å². The van der Waals surface area contributed by atoms with Crippen LogP contribution in [0.3, 0.4) is 0 Å². The molecule has 398 valence electrons. The van der Waals surface area contributed by atoms with Crippen LogP contribution in [0.5, 0.6) is 0 Å². The van der Waals surface area contributed by atoms with Gasteiger partial charge >= 0.3 is 5.97 Å². The summed E-state index contributed by atoms with van der Waals surface area (Å²) in [6.07, 6.45) is 68.9. The van der Waals surface area contributed by atoms with Gasteiger partial charge in [0.15, 0.2) is 0 Å². The van der Waals surface area contributed by atoms with Crippen LogP contribution < -0.4 is 5.32 Å². The first kappa shape index (κ1) is 65.8. The molecule has 0 heterocycles. The molecule has 0 spiro atoms. The Bertz CT molecular complexity index is 1160. The lowest BCUT2D eigenvalue weighted by Gasteiger charge is -2.24. The Labute approximate surface area is 423 Å². The van der Waals surface area contributed by atoms with Crippen LogP contribution in [-0.2, 0) is 14.3 Å². The zero-order chi connectivity index (χ0) is 49.5. The summed E-state index contributed by atoms with van der Waals surface area (Å²) in [6.45, 7) is 6.48. The molecule has 0 fully saturated rings. The zero-order valence-electron chi connectivity index (χ0n) is 45.5. The van der Waals surface area contributed by atoms with E-state index < -0.39 is 18.2 Å². The number of hydrogen-bond acceptors (Lipinski definition) is 5. The number of rotatable bonds is 54. The molecule has 3 atom stereocenters. The molecule has 0 aromatic rings. The van der Waals surface area contributed by atoms with Gasteiger partial charge < -0.3 is 20.3 Å². The SMILES string of the molecule is CCCCC/C=C\C/C=C\CCCCCCCCCC(=O)OC(CCCCC/C=C/C=C/CCCCCCCCC)CC(=O)NC(CO)C(O)CCCCCCCCCCCCCCCCCC. The van der Waals surface area contributed by atoms with E-state index in [0.717, 1.165) is 83.5 Å². The highest BCUT2D eigenvalue weighted by molar-refractivity contribution is 5.77. The predicted molar refractivity (Wildman–Crippen MR) is 296 cm³/mol. The van der Waals surface area contributed by atoms with Gasteiger partial charge in [-0.05, 0) is 83.5 Å². The van der Waals surface area contributed by atoms with Crippen LogP contribution in [0.25, 0.3) is 0 Å². The molecule has 0 aliphatic rings. The third-order valence-electron chi connectivity index (χ3n) is 13.7. The van der Waals surface area contributed by atoms with Gasteiger partial charge in [0, 0.05) is 6.42 Å². The normalized spacial score (nSPS) is 13.4. The van der Waals surface area contributed by atoms with Crippen molar-refractivity contribution in [1.29, 1.82) is 0 Å². The van der Waals surface area contributed by atoms with E-state index in [2.05, 4.69) is 74.7 Å². The van der Waals surface area contributed by atoms with Crippen LogP contribution in [-0.4, -0.2) is 46.9 Å². The van der Waals surface area contributed by atoms with Gasteiger partial charge in [0.05, 0.1) is 25.2 Å². The van der Waals surface area contributed by atoms with Crippen molar-refractivity contribution in [2.75, 3.05) is 6.61 Å². The number of carbonyl (C=O) groups is 2. The summed E-state index contributed by atoms with van der Waals surface area (Å²) in [5, 5.41) is 23.9. The maximum absolute atomic E-state index is 13.3. The third-order valence-corrected chi connectivity index (χ3v) is 13.7. The second kappa shape index (κ2) is 55.7. The number of hydrogen-bond donors (Lipinski definition) is 3. The Kier molecular flexibility index (Phi) is 54.0. The molecular weight excluding hydrogens is 839 g/mol. The minimum absolute atomic E-state index is 0.0579. The van der Waals surface area contributed by atoms with E-state index in [1.54, 1.807) is 0 Å². The molecule has 0 rings (SSSR count). The van der Waals surface area contributed by atoms with E-state index in [0.29, 0.717) is 19.3 Å². The molecule has 3 N–H and O–H groups in total. The second-order valence-corrected chi connectivity index (χ2v) is 20.4. The molecule has 1 amide bonds. The average Bonchev–Trinajstić information content (AvgIpc) is 3.33. The summed E-state index contributed by atoms with van der Waals surface area (Å²) in [7, 11) is 0. The van der Waals surface area contributed by atoms with Crippen molar-refractivity contribution in [2.45, 2.75) is 328 Å². The number of nitrogens with one attached hydrogen (secondary N) is 1. The van der Waals surface area contributed by atoms with E-state index in [-0.39, 0.29) is 24.9 Å². The summed E-state index contributed by atoms with van der Waals surface area (Å²) >= 11 is 0. The number of aliphatic hydroxyl groups excluding tert-OH is 2. The van der Waals surface area contributed by atoms with Crippen molar-refractivity contribution in [1.82, 2.24) is 5.32 Å². The van der Waals surface area contributed by atoms with Crippen LogP contribution >= 0.6 is 0 Å². The molecule has 0 saturated heterocycles. The summed E-state index contributed by atoms with van der Waals surface area (Å²) in [5.41, 5.74) is 0. The Hall–Kier alpha value is -2.18. The standard InChI is InChI=1S/C62H115NO5/c1-4-7-10-13-16-19-22-25-28-31-34-37-40-43-46-49-52-55-62(67)68-58(53-50-47-44-41-38-35-32-29-26-23-20-17-14-11-8-5-2)56-61(66)63-59(57-64)60(65)54-51-48-45-42-39-36-33-30-27-24-21-18-15-12-9-6-3/h16,19,25,28-29,32,35,38,58-60,64-65H,4-15,17-18,20-24,26-27,30-31,33-34,36-37,39-57H2,1-3H3,(H,63,66)/b19-16-,28-25-,32-29+,38-35+. The van der Waals surface area contributed by atoms with Crippen molar-refractivity contribution >= 4 is 11.9 Å². The lowest BCUT2D eigenvalue weighted by molar-refractivity contribution is -0.151. The van der Waals surface area contributed by atoms with Gasteiger partial charge in [0.2, 0.25) is 5.91 Å². The number of amides is 1. The Morgan fingerprint density at radius 1 is 0.441 bits per heavy atom. The molecule has 0 bridgehead atoms. The molecule has 3 unspecified atom stereocenters. The Morgan fingerprint density at radius 2 is 0.794 bits per heavy atom. The highest BCUT2D eigenvalue weighted by Crippen LogP contribution is 2.18. The maximum Gasteiger partial charge on any atom is 0.306 e. The second-order valence-electron chi connectivity index (χ2n) is 20.4. The number of allylic oxidation sites excluding steroid dienone is 8. The average molecular weight is 955 g/mol. The van der Waals surface area contributed by atoms with Gasteiger partial charge in [-0.1, -0.05) is 262 Å². The molecule has 0 aromatic carbocycles. The van der Waals surface area contributed by atoms with Gasteiger partial charge in [-0.15, -0.1) is 0 Å². The van der Waals surface area contributed by atoms with Crippen molar-refractivity contribution in [3.05, 3.63) is 48.6 Å². The largest absolute Gasteiger partial charge is 0.462 e. The Balaban J connectivity index is 4.59. The van der Waals surface area contributed by atoms with Crippen LogP contribution in [0.15, 0.2) is 48.6 Å². The smallest absolute Gasteiger partial charge is 0.306 e. The van der Waals surface area contributed by atoms with Crippen LogP contribution in [0.2, 0.25) is 0 Å². The molecule has 0 aliphatic carbocycles. The molecule has 0 saturated carbocycles. The Morgan fingerprint density at radius 3 is 1.25 bits per heavy atom. The van der Waals surface area contributed by atoms with Crippen LogP contribution in [0, 0.1) is 0 Å². The third kappa shape index (κ3) is 50.2. The first-order valence-electron chi connectivity index (χ1n) is 29.9. The topological polar surface area (TPSA) is 95.9 Å². The minimum Gasteiger partial charge on any atom is -0.462 e. The first-order valence-corrected chi connectivity index (χ1v) is 29.9. The quantitative estimate of drug-likeness (QED) is 0.0244. The maximum atomic E-state index is 13.3. The van der Waals surface area contributed by atoms with Crippen LogP contribution in [0.1, 0.15) is 310 Å². The number of esters is 1. The monoisotopic (exact) mass is 954 g/mol. The lowest BCUT2D eigenvalue weighted by Crippen LogP contribution is -2.46. The summed E-state index contributed by atoms with van der Waals surface area (Å²) in [6, 6.07) is -0.713. The number of ether oxygens (including phenoxy) is 1. The molecule has 6 nitrogen and oxygen atoms in total. The van der Waals surface area contributed by atoms with Crippen molar-refractivity contribution in [2.24, 2.45) is 0 Å². The summed E-state index contributed by atoms with van der Waals surface area (Å²) in [5.74, 6) is -0.497. The minimum atomic E-state index is -0.797. The summed E-state index contributed by atoms with van der Waals surface area (Å²) < 4.78 is 5.96. The molecule has 68 heavy (non-hydrogen) atoms. The molecule has 0 aromatic heterocycles. The zero-order valence-corrected chi connectivity index (χ0v) is 45.5. The van der Waals surface area contributed by atoms with Gasteiger partial charge in [-0.3, -0.25) is 9.59 Å². The van der Waals surface area contributed by atoms with E-state index in [9.17, 15) is 19.8 Å². The van der Waals surface area contributed by atoms with E-state index in [1.165, 1.54) is 180 Å². The van der Waals surface area contributed by atoms with Gasteiger partial charge in [-0.2, -0.15) is 0 Å². The fourth-order valence-corrected chi connectivity index (χ4v) is 9.10. The van der Waals surface area contributed by atoms with E-state index >= 15 is 0 Å². The van der Waals surface area contributed by atoms with Crippen molar-refractivity contribution in [3.63, 3.8) is 0 Å². The van der Waals surface area contributed by atoms with Gasteiger partial charge in [-0.25, -0.2) is 0 Å². The molecule has 0 aliphatic heterocycles. The van der Waals surface area contributed by atoms with Gasteiger partial charge in [0.25, 0.3) is 0 Å². The number of aliphatic hydroxyl groups is 2. The molecule has 0 radical (unpaired) electrons. The van der Waals surface area contributed by atoms with Crippen molar-refractivity contribution in [3.8, 4) is 0 Å². The number of unbranched alkanes of at least 4 members (excludes halogenated alkanes) is 35. The highest BCUT2D eigenvalue weighted by Gasteiger charge is 2.24. The highest BCUT2D eigenvalue weighted by atomic mass is 16.5. The fraction of sp³-hybridized carbons (Fsp3) is 0.839. The van der Waals surface area contributed by atoms with E-state index in [1.807, 2.05) is 0 Å². The van der Waals surface area contributed by atoms with Gasteiger partial charge in [0.1, 0.15) is 6.10 Å². The molecule has 6 heteroatoms. The van der Waals surface area contributed by atoms with Crippen LogP contribution in [0.4, 0.5) is 0 Å². The first-order chi connectivity index (χ1) is 33.5. The predicted octanol–water partition coefficient (Wildman–Crippen LogP) is 18.6. The fourth-order valence-electron chi connectivity index (χ4n) is 9.10. The number of carbonyl (C=O) groups excluding carboxylic acids is 2. The lowest BCUT2D eigenvalue weighted by atomic mass is 10.0. The summed E-state index contributed by atoms with van der Waals surface area (Å²) in [4.78, 5) is 26.3. The van der Waals surface area contributed by atoms with E-state index in [4.69, 9.17) is 4.74 Å².